The fourth-order valence-electron chi connectivity index (χ4n) is 2.74. The maximum atomic E-state index is 12.3. The molecule has 2 aromatic rings. The number of aryl methyl sites for hydroxylation is 1. The van der Waals surface area contributed by atoms with Crippen LogP contribution in [0.5, 0.6) is 5.75 Å². The molecule has 0 aromatic heterocycles. The highest BCUT2D eigenvalue weighted by Crippen LogP contribution is 2.27. The molecule has 0 atom stereocenters. The van der Waals surface area contributed by atoms with Crippen LogP contribution in [-0.4, -0.2) is 41.2 Å². The van der Waals surface area contributed by atoms with Crippen LogP contribution < -0.4 is 14.8 Å². The van der Waals surface area contributed by atoms with Crippen LogP contribution in [0.2, 0.25) is 0 Å². The number of sulfonamides is 1. The Morgan fingerprint density at radius 2 is 1.79 bits per heavy atom. The topological polar surface area (TPSA) is 93.7 Å². The van der Waals surface area contributed by atoms with Gasteiger partial charge in [0.15, 0.2) is 6.61 Å². The zero-order valence-corrected chi connectivity index (χ0v) is 18.0. The van der Waals surface area contributed by atoms with E-state index in [4.69, 9.17) is 9.47 Å². The number of carbonyl (C=O) groups is 1. The molecule has 1 amide bonds. The average Bonchev–Trinajstić information content (AvgIpc) is 2.68. The summed E-state index contributed by atoms with van der Waals surface area (Å²) >= 11 is 0. The molecule has 0 aliphatic carbocycles. The van der Waals surface area contributed by atoms with Crippen molar-refractivity contribution in [2.75, 3.05) is 32.2 Å². The molecule has 158 valence electrons. The van der Waals surface area contributed by atoms with Crippen LogP contribution in [0.25, 0.3) is 0 Å². The molecule has 0 saturated heterocycles. The van der Waals surface area contributed by atoms with Gasteiger partial charge in [0.2, 0.25) is 10.0 Å². The smallest absolute Gasteiger partial charge is 0.262 e. The van der Waals surface area contributed by atoms with Gasteiger partial charge in [0.1, 0.15) is 5.75 Å². The first-order valence-electron chi connectivity index (χ1n) is 9.35. The number of para-hydroxylation sites is 1. The third kappa shape index (κ3) is 6.56. The molecule has 0 aliphatic heterocycles. The lowest BCUT2D eigenvalue weighted by Crippen LogP contribution is -2.27. The molecule has 0 aliphatic rings. The summed E-state index contributed by atoms with van der Waals surface area (Å²) in [5.41, 5.74) is 2.86. The molecule has 0 unspecified atom stereocenters. The van der Waals surface area contributed by atoms with Crippen molar-refractivity contribution in [1.29, 1.82) is 0 Å². The summed E-state index contributed by atoms with van der Waals surface area (Å²) < 4.78 is 37.0. The molecular formula is C21H28N2O5S. The van der Waals surface area contributed by atoms with E-state index in [0.717, 1.165) is 16.8 Å². The molecule has 0 fully saturated rings. The van der Waals surface area contributed by atoms with Crippen molar-refractivity contribution in [3.05, 3.63) is 53.6 Å². The molecule has 0 radical (unpaired) electrons. The van der Waals surface area contributed by atoms with E-state index in [1.807, 2.05) is 25.1 Å². The highest BCUT2D eigenvalue weighted by atomic mass is 32.2. The van der Waals surface area contributed by atoms with Gasteiger partial charge in [-0.25, -0.2) is 13.1 Å². The summed E-state index contributed by atoms with van der Waals surface area (Å²) in [7, 11) is -2.10. The second-order valence-corrected chi connectivity index (χ2v) is 8.66. The van der Waals surface area contributed by atoms with Crippen molar-refractivity contribution >= 4 is 21.6 Å². The zero-order valence-electron chi connectivity index (χ0n) is 17.2. The van der Waals surface area contributed by atoms with Gasteiger partial charge >= 0.3 is 0 Å². The predicted octanol–water partition coefficient (Wildman–Crippen LogP) is 3.06. The van der Waals surface area contributed by atoms with Crippen LogP contribution in [0, 0.1) is 6.92 Å². The molecule has 2 rings (SSSR count). The molecular weight excluding hydrogens is 392 g/mol. The molecule has 29 heavy (non-hydrogen) atoms. The molecule has 2 aromatic carbocycles. The number of carbonyl (C=O) groups excluding carboxylic acids is 1. The number of benzene rings is 2. The summed E-state index contributed by atoms with van der Waals surface area (Å²) in [6.45, 7) is 6.39. The Balaban J connectivity index is 1.96. The van der Waals surface area contributed by atoms with Crippen LogP contribution in [-0.2, 0) is 19.6 Å². The van der Waals surface area contributed by atoms with E-state index in [2.05, 4.69) is 23.9 Å². The van der Waals surface area contributed by atoms with Crippen molar-refractivity contribution in [3.63, 3.8) is 0 Å². The van der Waals surface area contributed by atoms with Gasteiger partial charge < -0.3 is 14.8 Å². The number of hydrogen-bond acceptors (Lipinski definition) is 5. The van der Waals surface area contributed by atoms with Crippen molar-refractivity contribution in [2.45, 2.75) is 31.6 Å². The lowest BCUT2D eigenvalue weighted by Gasteiger charge is -2.16. The Kier molecular flexibility index (Phi) is 8.19. The van der Waals surface area contributed by atoms with E-state index in [-0.39, 0.29) is 36.5 Å². The fraction of sp³-hybridized carbons (Fsp3) is 0.381. The van der Waals surface area contributed by atoms with Crippen molar-refractivity contribution in [3.8, 4) is 5.75 Å². The minimum atomic E-state index is -3.60. The SMILES string of the molecule is COCCNS(=O)(=O)c1ccc(OCC(=O)Nc2c(C)cccc2C(C)C)cc1. The van der Waals surface area contributed by atoms with Crippen LogP contribution in [0.3, 0.4) is 0 Å². The molecule has 0 heterocycles. The summed E-state index contributed by atoms with van der Waals surface area (Å²) in [6, 6.07) is 11.8. The number of hydrogen-bond donors (Lipinski definition) is 2. The van der Waals surface area contributed by atoms with Gasteiger partial charge in [0.05, 0.1) is 11.5 Å². The first kappa shape index (κ1) is 22.9. The van der Waals surface area contributed by atoms with Crippen molar-refractivity contribution < 1.29 is 22.7 Å². The molecule has 0 spiro atoms. The second kappa shape index (κ2) is 10.4. The number of methoxy groups -OCH3 is 1. The Morgan fingerprint density at radius 1 is 1.10 bits per heavy atom. The highest BCUT2D eigenvalue weighted by Gasteiger charge is 2.14. The molecule has 7 nitrogen and oxygen atoms in total. The largest absolute Gasteiger partial charge is 0.484 e. The van der Waals surface area contributed by atoms with Crippen molar-refractivity contribution in [1.82, 2.24) is 4.72 Å². The van der Waals surface area contributed by atoms with E-state index >= 15 is 0 Å². The van der Waals surface area contributed by atoms with E-state index < -0.39 is 10.0 Å². The Labute approximate surface area is 172 Å². The van der Waals surface area contributed by atoms with Crippen molar-refractivity contribution in [2.24, 2.45) is 0 Å². The summed E-state index contributed by atoms with van der Waals surface area (Å²) in [5.74, 6) is 0.405. The lowest BCUT2D eigenvalue weighted by molar-refractivity contribution is -0.118. The maximum absolute atomic E-state index is 12.3. The standard InChI is InChI=1S/C21H28N2O5S/c1-15(2)19-7-5-6-16(3)21(19)23-20(24)14-28-17-8-10-18(11-9-17)29(25,26)22-12-13-27-4/h5-11,15,22H,12-14H2,1-4H3,(H,23,24). The summed E-state index contributed by atoms with van der Waals surface area (Å²) in [5, 5.41) is 2.91. The van der Waals surface area contributed by atoms with E-state index in [1.165, 1.54) is 31.4 Å². The molecule has 0 saturated carbocycles. The molecule has 0 bridgehead atoms. The fourth-order valence-corrected chi connectivity index (χ4v) is 3.76. The number of nitrogens with one attached hydrogen (secondary N) is 2. The monoisotopic (exact) mass is 420 g/mol. The number of amides is 1. The predicted molar refractivity (Wildman–Crippen MR) is 113 cm³/mol. The second-order valence-electron chi connectivity index (χ2n) is 6.89. The maximum Gasteiger partial charge on any atom is 0.262 e. The van der Waals surface area contributed by atoms with Gasteiger partial charge in [0.25, 0.3) is 5.91 Å². The quantitative estimate of drug-likeness (QED) is 0.576. The average molecular weight is 421 g/mol. The van der Waals surface area contributed by atoms with Gasteiger partial charge in [-0.1, -0.05) is 32.0 Å². The lowest BCUT2D eigenvalue weighted by atomic mass is 9.98. The minimum Gasteiger partial charge on any atom is -0.484 e. The molecule has 2 N–H and O–H groups in total. The van der Waals surface area contributed by atoms with Gasteiger partial charge in [-0.3, -0.25) is 4.79 Å². The van der Waals surface area contributed by atoms with Crippen LogP contribution in [0.15, 0.2) is 47.4 Å². The van der Waals surface area contributed by atoms with Crippen LogP contribution in [0.1, 0.15) is 30.9 Å². The van der Waals surface area contributed by atoms with Crippen LogP contribution >= 0.6 is 0 Å². The highest BCUT2D eigenvalue weighted by molar-refractivity contribution is 7.89. The van der Waals surface area contributed by atoms with E-state index in [0.29, 0.717) is 5.75 Å². The van der Waals surface area contributed by atoms with E-state index in [9.17, 15) is 13.2 Å². The third-order valence-corrected chi connectivity index (χ3v) is 5.77. The first-order chi connectivity index (χ1) is 13.7. The Morgan fingerprint density at radius 3 is 2.41 bits per heavy atom. The number of rotatable bonds is 10. The zero-order chi connectivity index (χ0) is 21.4. The minimum absolute atomic E-state index is 0.117. The first-order valence-corrected chi connectivity index (χ1v) is 10.8. The van der Waals surface area contributed by atoms with Crippen LogP contribution in [0.4, 0.5) is 5.69 Å². The molecule has 8 heteroatoms. The number of ether oxygens (including phenoxy) is 2. The number of anilines is 1. The van der Waals surface area contributed by atoms with Gasteiger partial charge in [-0.2, -0.15) is 0 Å². The third-order valence-electron chi connectivity index (χ3n) is 4.29. The Bertz CT molecular complexity index is 925. The summed E-state index contributed by atoms with van der Waals surface area (Å²) in [4.78, 5) is 12.4. The van der Waals surface area contributed by atoms with Gasteiger partial charge in [0, 0.05) is 19.3 Å². The Hall–Kier alpha value is -2.42. The van der Waals surface area contributed by atoms with E-state index in [1.54, 1.807) is 0 Å². The van der Waals surface area contributed by atoms with Gasteiger partial charge in [-0.05, 0) is 48.2 Å². The summed E-state index contributed by atoms with van der Waals surface area (Å²) in [6.07, 6.45) is 0. The normalized spacial score (nSPS) is 11.5. The van der Waals surface area contributed by atoms with Gasteiger partial charge in [-0.15, -0.1) is 0 Å².